The Bertz CT molecular complexity index is 2540. The maximum atomic E-state index is 6.70. The summed E-state index contributed by atoms with van der Waals surface area (Å²) < 4.78 is 11.1. The van der Waals surface area contributed by atoms with Gasteiger partial charge in [-0.15, -0.1) is 0 Å². The van der Waals surface area contributed by atoms with Crippen LogP contribution in [0.1, 0.15) is 64.4 Å². The summed E-state index contributed by atoms with van der Waals surface area (Å²) in [7, 11) is 0. The van der Waals surface area contributed by atoms with Crippen LogP contribution in [0.3, 0.4) is 0 Å². The second-order valence-electron chi connectivity index (χ2n) is 14.9. The van der Waals surface area contributed by atoms with Crippen LogP contribution in [-0.4, -0.2) is 19.3 Å². The normalized spacial score (nSPS) is 11.8. The highest BCUT2D eigenvalue weighted by molar-refractivity contribution is 6.10. The molecule has 0 atom stereocenters. The number of hydrogen-bond acceptors (Lipinski definition) is 3. The van der Waals surface area contributed by atoms with E-state index in [0.29, 0.717) is 0 Å². The molecule has 0 unspecified atom stereocenters. The lowest BCUT2D eigenvalue weighted by Crippen LogP contribution is -2.12. The Balaban J connectivity index is 1.23. The van der Waals surface area contributed by atoms with E-state index in [-0.39, 0.29) is 5.41 Å². The van der Waals surface area contributed by atoms with Crippen LogP contribution >= 0.6 is 0 Å². The van der Waals surface area contributed by atoms with Gasteiger partial charge in [-0.3, -0.25) is 4.57 Å². The van der Waals surface area contributed by atoms with Crippen molar-refractivity contribution in [3.63, 3.8) is 0 Å². The van der Waals surface area contributed by atoms with Crippen LogP contribution < -0.4 is 4.74 Å². The fourth-order valence-electron chi connectivity index (χ4n) is 7.48. The lowest BCUT2D eigenvalue weighted by molar-refractivity contribution is 0.482. The highest BCUT2D eigenvalue weighted by Crippen LogP contribution is 2.38. The molecule has 5 aromatic carbocycles. The van der Waals surface area contributed by atoms with Gasteiger partial charge >= 0.3 is 0 Å². The molecule has 0 radical (unpaired) electrons. The van der Waals surface area contributed by atoms with Crippen molar-refractivity contribution in [2.24, 2.45) is 0 Å². The monoisotopic (exact) mass is 694 g/mol. The molecule has 3 aromatic heterocycles. The Hall–Kier alpha value is -5.94. The van der Waals surface area contributed by atoms with E-state index in [2.05, 4.69) is 171 Å². The van der Waals surface area contributed by atoms with Gasteiger partial charge in [-0.1, -0.05) is 120 Å². The second-order valence-corrected chi connectivity index (χ2v) is 14.9. The highest BCUT2D eigenvalue weighted by Gasteiger charge is 2.21. The number of rotatable bonds is 10. The zero-order chi connectivity index (χ0) is 36.5. The first-order chi connectivity index (χ1) is 25.8. The molecule has 0 aliphatic rings. The topological polar surface area (TPSA) is 44.9 Å². The van der Waals surface area contributed by atoms with Gasteiger partial charge in [0.15, 0.2) is 0 Å². The number of aryl methyl sites for hydroxylation is 1. The van der Waals surface area contributed by atoms with Gasteiger partial charge in [-0.25, -0.2) is 9.67 Å². The summed E-state index contributed by atoms with van der Waals surface area (Å²) in [6, 6.07) is 47.1. The molecule has 0 N–H and O–H groups in total. The third kappa shape index (κ3) is 6.64. The molecule has 0 bridgehead atoms. The molecule has 3 heterocycles. The lowest BCUT2D eigenvalue weighted by Gasteiger charge is -2.20. The van der Waals surface area contributed by atoms with Gasteiger partial charge in [0.25, 0.3) is 0 Å². The average molecular weight is 695 g/mol. The standard InChI is InChI=1S/C48H46N4O/c1-6-15-42-47(34-19-12-9-13-20-34)44(16-7-2)52(50-42)37-21-14-22-38(31-37)53-39-24-25-40-41-29-35(33-17-10-8-11-18-33)23-26-43(41)51(45(40)32-39)46-30-36(27-28-49-46)48(3,4)5/h8-14,17-32H,6-7,15-16H2,1-5H3. The van der Waals surface area contributed by atoms with Crippen molar-refractivity contribution in [3.05, 3.63) is 157 Å². The van der Waals surface area contributed by atoms with E-state index in [4.69, 9.17) is 14.8 Å². The van der Waals surface area contributed by atoms with Crippen LogP contribution in [-0.2, 0) is 18.3 Å². The van der Waals surface area contributed by atoms with Crippen molar-refractivity contribution < 1.29 is 4.74 Å². The molecule has 264 valence electrons. The van der Waals surface area contributed by atoms with Crippen LogP contribution in [0.15, 0.2) is 140 Å². The van der Waals surface area contributed by atoms with Crippen molar-refractivity contribution in [2.75, 3.05) is 0 Å². The number of nitrogens with zero attached hydrogens (tertiary/aromatic N) is 4. The molecule has 0 saturated carbocycles. The molecular formula is C48H46N4O. The van der Waals surface area contributed by atoms with E-state index in [9.17, 15) is 0 Å². The second kappa shape index (κ2) is 14.2. The van der Waals surface area contributed by atoms with Gasteiger partial charge in [0.1, 0.15) is 17.3 Å². The summed E-state index contributed by atoms with van der Waals surface area (Å²) in [4.78, 5) is 4.91. The molecule has 53 heavy (non-hydrogen) atoms. The molecule has 5 heteroatoms. The SMILES string of the molecule is CCCc1nn(-c2cccc(Oc3ccc4c5cc(-c6ccccc6)ccc5n(-c5cc(C(C)(C)C)ccn5)c4c3)c2)c(CCC)c1-c1ccccc1. The Morgan fingerprint density at radius 1 is 0.604 bits per heavy atom. The Kier molecular flexibility index (Phi) is 9.17. The summed E-state index contributed by atoms with van der Waals surface area (Å²) in [5.41, 5.74) is 11.6. The number of fused-ring (bicyclic) bond motifs is 3. The minimum Gasteiger partial charge on any atom is -0.457 e. The third-order valence-electron chi connectivity index (χ3n) is 10.1. The quantitative estimate of drug-likeness (QED) is 0.143. The molecule has 0 spiro atoms. The molecule has 5 nitrogen and oxygen atoms in total. The van der Waals surface area contributed by atoms with E-state index < -0.39 is 0 Å². The summed E-state index contributed by atoms with van der Waals surface area (Å²) in [5, 5.41) is 7.56. The predicted octanol–water partition coefficient (Wildman–Crippen LogP) is 12.7. The van der Waals surface area contributed by atoms with Gasteiger partial charge < -0.3 is 4.74 Å². The molecule has 8 rings (SSSR count). The largest absolute Gasteiger partial charge is 0.457 e. The summed E-state index contributed by atoms with van der Waals surface area (Å²) in [6.07, 6.45) is 5.85. The van der Waals surface area contributed by atoms with Crippen molar-refractivity contribution in [1.29, 1.82) is 0 Å². The predicted molar refractivity (Wildman–Crippen MR) is 220 cm³/mol. The number of benzene rings is 5. The summed E-state index contributed by atoms with van der Waals surface area (Å²) in [5.74, 6) is 2.42. The number of aromatic nitrogens is 4. The smallest absolute Gasteiger partial charge is 0.137 e. The first kappa shape index (κ1) is 34.2. The van der Waals surface area contributed by atoms with Crippen molar-refractivity contribution in [3.8, 4) is 45.3 Å². The van der Waals surface area contributed by atoms with Crippen LogP contribution in [0.25, 0.3) is 55.6 Å². The van der Waals surface area contributed by atoms with Crippen molar-refractivity contribution in [2.45, 2.75) is 65.7 Å². The van der Waals surface area contributed by atoms with Crippen LogP contribution in [0.5, 0.6) is 11.5 Å². The third-order valence-corrected chi connectivity index (χ3v) is 10.1. The van der Waals surface area contributed by atoms with E-state index in [1.54, 1.807) is 0 Å². The zero-order valence-corrected chi connectivity index (χ0v) is 31.3. The molecule has 0 saturated heterocycles. The Morgan fingerprint density at radius 3 is 2.08 bits per heavy atom. The van der Waals surface area contributed by atoms with E-state index in [1.165, 1.54) is 38.9 Å². The average Bonchev–Trinajstić information content (AvgIpc) is 3.70. The van der Waals surface area contributed by atoms with E-state index >= 15 is 0 Å². The molecule has 0 aliphatic heterocycles. The molecule has 8 aromatic rings. The fourth-order valence-corrected chi connectivity index (χ4v) is 7.48. The number of pyridine rings is 1. The van der Waals surface area contributed by atoms with Crippen LogP contribution in [0.2, 0.25) is 0 Å². The van der Waals surface area contributed by atoms with Gasteiger partial charge in [0, 0.05) is 34.7 Å². The van der Waals surface area contributed by atoms with Crippen LogP contribution in [0, 0.1) is 0 Å². The maximum absolute atomic E-state index is 6.70. The van der Waals surface area contributed by atoms with Crippen molar-refractivity contribution >= 4 is 21.8 Å². The zero-order valence-electron chi connectivity index (χ0n) is 31.3. The van der Waals surface area contributed by atoms with Gasteiger partial charge in [0.2, 0.25) is 0 Å². The Labute approximate surface area is 312 Å². The number of ether oxygens (including phenoxy) is 1. The lowest BCUT2D eigenvalue weighted by atomic mass is 9.88. The first-order valence-electron chi connectivity index (χ1n) is 18.9. The summed E-state index contributed by atoms with van der Waals surface area (Å²) in [6.45, 7) is 11.2. The minimum atomic E-state index is -0.0129. The molecular weight excluding hydrogens is 649 g/mol. The minimum absolute atomic E-state index is 0.0129. The van der Waals surface area contributed by atoms with E-state index in [1.807, 2.05) is 12.3 Å². The van der Waals surface area contributed by atoms with Gasteiger partial charge in [-0.2, -0.15) is 5.10 Å². The maximum Gasteiger partial charge on any atom is 0.137 e. The van der Waals surface area contributed by atoms with Crippen LogP contribution in [0.4, 0.5) is 0 Å². The molecule has 0 fully saturated rings. The molecule has 0 aliphatic carbocycles. The highest BCUT2D eigenvalue weighted by atomic mass is 16.5. The van der Waals surface area contributed by atoms with Gasteiger partial charge in [-0.05, 0) is 89.0 Å². The van der Waals surface area contributed by atoms with Crippen molar-refractivity contribution in [1.82, 2.24) is 19.3 Å². The summed E-state index contributed by atoms with van der Waals surface area (Å²) >= 11 is 0. The first-order valence-corrected chi connectivity index (χ1v) is 18.9. The van der Waals surface area contributed by atoms with Gasteiger partial charge in [0.05, 0.1) is 28.1 Å². The fraction of sp³-hybridized carbons (Fsp3) is 0.208. The molecule has 0 amide bonds. The number of hydrogen-bond donors (Lipinski definition) is 0. The van der Waals surface area contributed by atoms with E-state index in [0.717, 1.165) is 70.8 Å². The Morgan fingerprint density at radius 2 is 1.34 bits per heavy atom.